The highest BCUT2D eigenvalue weighted by Gasteiger charge is 2.48. The van der Waals surface area contributed by atoms with Crippen LogP contribution in [0.4, 0.5) is 0 Å². The summed E-state index contributed by atoms with van der Waals surface area (Å²) in [5, 5.41) is 85.4. The molecule has 11 heteroatoms. The Kier molecular flexibility index (Phi) is 5.42. The van der Waals surface area contributed by atoms with Gasteiger partial charge < -0.3 is 55.1 Å². The molecule has 6 atom stereocenters. The van der Waals surface area contributed by atoms with Crippen molar-refractivity contribution in [1.82, 2.24) is 0 Å². The van der Waals surface area contributed by atoms with Crippen molar-refractivity contribution in [1.29, 1.82) is 0 Å². The number of benzene rings is 4. The summed E-state index contributed by atoms with van der Waals surface area (Å²) < 4.78 is 18.1. The van der Waals surface area contributed by atoms with Crippen LogP contribution in [0.5, 0.6) is 46.0 Å². The van der Waals surface area contributed by atoms with Gasteiger partial charge in [-0.3, -0.25) is 0 Å². The van der Waals surface area contributed by atoms with Crippen LogP contribution < -0.4 is 14.2 Å². The third-order valence-corrected chi connectivity index (χ3v) is 7.84. The van der Waals surface area contributed by atoms with E-state index in [1.807, 2.05) is 0 Å². The van der Waals surface area contributed by atoms with E-state index in [0.717, 1.165) is 0 Å². The van der Waals surface area contributed by atoms with Crippen molar-refractivity contribution in [2.75, 3.05) is 0 Å². The quantitative estimate of drug-likeness (QED) is 0.168. The Hall–Kier alpha value is -4.84. The molecule has 11 nitrogen and oxygen atoms in total. The fourth-order valence-electron chi connectivity index (χ4n) is 5.78. The van der Waals surface area contributed by atoms with E-state index in [0.29, 0.717) is 11.1 Å². The lowest BCUT2D eigenvalue weighted by atomic mass is 9.82. The maximum atomic E-state index is 11.4. The van der Waals surface area contributed by atoms with E-state index < -0.39 is 53.9 Å². The van der Waals surface area contributed by atoms with Gasteiger partial charge in [-0.15, -0.1) is 0 Å². The van der Waals surface area contributed by atoms with Gasteiger partial charge in [-0.05, 0) is 47.5 Å². The molecule has 0 amide bonds. The zero-order valence-electron chi connectivity index (χ0n) is 21.0. The largest absolute Gasteiger partial charge is 0.508 e. The number of phenols is 5. The molecule has 4 aromatic carbocycles. The van der Waals surface area contributed by atoms with Crippen molar-refractivity contribution in [3.63, 3.8) is 0 Å². The zero-order valence-corrected chi connectivity index (χ0v) is 21.0. The maximum absolute atomic E-state index is 11.4. The van der Waals surface area contributed by atoms with E-state index in [1.54, 1.807) is 0 Å². The molecule has 0 bridgehead atoms. The Balaban J connectivity index is 1.38. The minimum Gasteiger partial charge on any atom is -0.508 e. The molecule has 3 aliphatic rings. The molecule has 0 radical (unpaired) electrons. The van der Waals surface area contributed by atoms with E-state index >= 15 is 0 Å². The second-order valence-corrected chi connectivity index (χ2v) is 10.3. The highest BCUT2D eigenvalue weighted by molar-refractivity contribution is 5.86. The van der Waals surface area contributed by atoms with Crippen molar-refractivity contribution in [3.05, 3.63) is 82.9 Å². The molecule has 41 heavy (non-hydrogen) atoms. The molecule has 0 fully saturated rings. The second kappa shape index (κ2) is 8.83. The van der Waals surface area contributed by atoms with Gasteiger partial charge in [0.25, 0.3) is 0 Å². The number of phenolic OH excluding ortho intramolecular Hbond substituents is 5. The number of aliphatic hydroxyl groups excluding tert-OH is 3. The Morgan fingerprint density at radius 3 is 1.66 bits per heavy atom. The summed E-state index contributed by atoms with van der Waals surface area (Å²) in [5.41, 5.74) is 1.59. The lowest BCUT2D eigenvalue weighted by Gasteiger charge is -2.42. The first kappa shape index (κ1) is 25.1. The van der Waals surface area contributed by atoms with Crippen molar-refractivity contribution < 1.29 is 55.1 Å². The Bertz CT molecular complexity index is 1680. The molecule has 0 unspecified atom stereocenters. The summed E-state index contributed by atoms with van der Waals surface area (Å²) in [4.78, 5) is 0. The number of hydrogen-bond acceptors (Lipinski definition) is 11. The normalized spacial score (nSPS) is 25.5. The average Bonchev–Trinajstić information content (AvgIpc) is 2.96. The topological polar surface area (TPSA) is 190 Å². The van der Waals surface area contributed by atoms with Gasteiger partial charge in [-0.1, -0.05) is 24.3 Å². The summed E-state index contributed by atoms with van der Waals surface area (Å²) in [7, 11) is 0. The van der Waals surface area contributed by atoms with Crippen LogP contribution in [-0.2, 0) is 0 Å². The van der Waals surface area contributed by atoms with Gasteiger partial charge in [-0.25, -0.2) is 0 Å². The minimum absolute atomic E-state index is 0.00161. The standard InChI is InChI=1S/C30H24O11/c31-13-5-1-11(2-6-13)25-22(36)20(34)17-9-16-15-10-18(33)21(35)29-19(15)30(41-27(16)24(38)28(17)39-25)23(37)26(40-29)12-3-7-14(32)8-4-12/h1-10,20,22-23,25-26,30-38H/t20-,22-,23+,25-,26-,30+/m1/s1. The Morgan fingerprint density at radius 2 is 1.05 bits per heavy atom. The van der Waals surface area contributed by atoms with Crippen LogP contribution in [0.1, 0.15) is 46.7 Å². The summed E-state index contributed by atoms with van der Waals surface area (Å²) in [6.07, 6.45) is -7.67. The SMILES string of the molecule is Oc1ccc([C@H]2Oc3c(cc4c(c3O)O[C@H]3c5c-4cc(O)c(O)c5O[C@H](c4ccc(O)cc4)[C@@H]3O)[C@@H](O)[C@H]2O)cc1. The summed E-state index contributed by atoms with van der Waals surface area (Å²) in [6, 6.07) is 14.4. The van der Waals surface area contributed by atoms with Crippen LogP contribution in [0.25, 0.3) is 11.1 Å². The number of ether oxygens (including phenoxy) is 3. The van der Waals surface area contributed by atoms with Crippen LogP contribution in [0.3, 0.4) is 0 Å². The molecular formula is C30H24O11. The van der Waals surface area contributed by atoms with Gasteiger partial charge >= 0.3 is 0 Å². The Morgan fingerprint density at radius 1 is 0.512 bits per heavy atom. The van der Waals surface area contributed by atoms with Crippen LogP contribution >= 0.6 is 0 Å². The first-order valence-electron chi connectivity index (χ1n) is 12.7. The molecule has 0 aliphatic carbocycles. The number of hydrogen-bond donors (Lipinski definition) is 8. The van der Waals surface area contributed by atoms with Gasteiger partial charge in [0.2, 0.25) is 11.5 Å². The molecule has 8 N–H and O–H groups in total. The molecule has 4 aromatic rings. The molecule has 210 valence electrons. The molecular weight excluding hydrogens is 536 g/mol. The first-order valence-corrected chi connectivity index (χ1v) is 12.7. The van der Waals surface area contributed by atoms with Gasteiger partial charge in [0.15, 0.2) is 41.3 Å². The second-order valence-electron chi connectivity index (χ2n) is 10.3. The van der Waals surface area contributed by atoms with Crippen molar-refractivity contribution in [2.45, 2.75) is 36.6 Å². The maximum Gasteiger partial charge on any atom is 0.201 e. The number of aromatic hydroxyl groups is 5. The van der Waals surface area contributed by atoms with Crippen LogP contribution in [0.15, 0.2) is 60.7 Å². The summed E-state index contributed by atoms with van der Waals surface area (Å²) in [6.45, 7) is 0. The van der Waals surface area contributed by atoms with Gasteiger partial charge in [0, 0.05) is 22.3 Å². The fourth-order valence-corrected chi connectivity index (χ4v) is 5.78. The molecule has 0 saturated carbocycles. The number of fused-ring (bicyclic) bond motifs is 3. The van der Waals surface area contributed by atoms with Gasteiger partial charge in [0.1, 0.15) is 29.8 Å². The van der Waals surface area contributed by atoms with Crippen LogP contribution in [0, 0.1) is 0 Å². The monoisotopic (exact) mass is 560 g/mol. The third-order valence-electron chi connectivity index (χ3n) is 7.84. The predicted molar refractivity (Wildman–Crippen MR) is 140 cm³/mol. The molecule has 0 spiro atoms. The van der Waals surface area contributed by atoms with E-state index in [9.17, 15) is 40.9 Å². The van der Waals surface area contributed by atoms with Gasteiger partial charge in [0.05, 0.1) is 0 Å². The highest BCUT2D eigenvalue weighted by atomic mass is 16.6. The smallest absolute Gasteiger partial charge is 0.201 e. The minimum atomic E-state index is -1.51. The average molecular weight is 561 g/mol. The Labute approximate surface area is 231 Å². The summed E-state index contributed by atoms with van der Waals surface area (Å²) >= 11 is 0. The van der Waals surface area contributed by atoms with E-state index in [1.165, 1.54) is 60.7 Å². The first-order chi connectivity index (χ1) is 19.6. The van der Waals surface area contributed by atoms with Crippen LogP contribution in [0.2, 0.25) is 0 Å². The number of aliphatic hydroxyl groups is 3. The lowest BCUT2D eigenvalue weighted by Crippen LogP contribution is -2.39. The molecule has 3 heterocycles. The zero-order chi connectivity index (χ0) is 28.7. The fraction of sp³-hybridized carbons (Fsp3) is 0.200. The molecule has 0 saturated heterocycles. The molecule has 0 aromatic heterocycles. The van der Waals surface area contributed by atoms with E-state index in [4.69, 9.17) is 14.2 Å². The highest BCUT2D eigenvalue weighted by Crippen LogP contribution is 2.62. The summed E-state index contributed by atoms with van der Waals surface area (Å²) in [5.74, 6) is -2.02. The predicted octanol–water partition coefficient (Wildman–Crippen LogP) is 3.34. The van der Waals surface area contributed by atoms with Crippen molar-refractivity contribution in [2.24, 2.45) is 0 Å². The van der Waals surface area contributed by atoms with E-state index in [2.05, 4.69) is 0 Å². The number of rotatable bonds is 2. The van der Waals surface area contributed by atoms with E-state index in [-0.39, 0.29) is 51.0 Å². The van der Waals surface area contributed by atoms with Crippen molar-refractivity contribution in [3.8, 4) is 57.1 Å². The molecule has 7 rings (SSSR count). The van der Waals surface area contributed by atoms with Crippen LogP contribution in [-0.4, -0.2) is 53.1 Å². The lowest BCUT2D eigenvalue weighted by molar-refractivity contribution is -0.0726. The molecule has 3 aliphatic heterocycles. The van der Waals surface area contributed by atoms with Gasteiger partial charge in [-0.2, -0.15) is 0 Å². The third kappa shape index (κ3) is 3.63. The van der Waals surface area contributed by atoms with Crippen molar-refractivity contribution >= 4 is 0 Å².